The SMILES string of the molecule is Cc1ccc(S(=O)(=O)N(CCO)CCO)cc1. The standard InChI is InChI=1S/C11H17NO4S/c1-10-2-4-11(5-3-10)17(15,16)12(6-8-13)7-9-14/h2-5,13-14H,6-9H2,1H3. The molecule has 0 unspecified atom stereocenters. The van der Waals surface area contributed by atoms with Crippen molar-refractivity contribution in [1.29, 1.82) is 0 Å². The number of aliphatic hydroxyl groups is 2. The Hall–Kier alpha value is -0.950. The lowest BCUT2D eigenvalue weighted by atomic mass is 10.2. The van der Waals surface area contributed by atoms with Crippen LogP contribution in [0.2, 0.25) is 0 Å². The van der Waals surface area contributed by atoms with Crippen molar-refractivity contribution >= 4 is 10.0 Å². The van der Waals surface area contributed by atoms with Gasteiger partial charge in [-0.2, -0.15) is 4.31 Å². The maximum Gasteiger partial charge on any atom is 0.243 e. The summed E-state index contributed by atoms with van der Waals surface area (Å²) in [4.78, 5) is 0.171. The smallest absolute Gasteiger partial charge is 0.243 e. The lowest BCUT2D eigenvalue weighted by Gasteiger charge is -2.20. The van der Waals surface area contributed by atoms with Gasteiger partial charge in [-0.05, 0) is 19.1 Å². The number of hydrogen-bond acceptors (Lipinski definition) is 4. The highest BCUT2D eigenvalue weighted by atomic mass is 32.2. The molecule has 0 aliphatic carbocycles. The third-order valence-electron chi connectivity index (χ3n) is 2.36. The highest BCUT2D eigenvalue weighted by Gasteiger charge is 2.23. The predicted octanol–water partition coefficient (Wildman–Crippen LogP) is -0.0297. The first-order valence-corrected chi connectivity index (χ1v) is 6.75. The summed E-state index contributed by atoms with van der Waals surface area (Å²) in [6.45, 7) is 1.29. The number of aryl methyl sites for hydroxylation is 1. The first-order chi connectivity index (χ1) is 8.02. The first kappa shape index (κ1) is 14.1. The van der Waals surface area contributed by atoms with Crippen LogP contribution in [0.1, 0.15) is 5.56 Å². The zero-order valence-corrected chi connectivity index (χ0v) is 10.5. The van der Waals surface area contributed by atoms with Crippen molar-refractivity contribution in [3.63, 3.8) is 0 Å². The van der Waals surface area contributed by atoms with E-state index in [1.165, 1.54) is 12.1 Å². The van der Waals surface area contributed by atoms with E-state index in [1.54, 1.807) is 12.1 Å². The van der Waals surface area contributed by atoms with Crippen molar-refractivity contribution < 1.29 is 18.6 Å². The van der Waals surface area contributed by atoms with Crippen LogP contribution in [0.3, 0.4) is 0 Å². The number of rotatable bonds is 6. The molecular weight excluding hydrogens is 242 g/mol. The van der Waals surface area contributed by atoms with Crippen molar-refractivity contribution in [2.24, 2.45) is 0 Å². The Morgan fingerprint density at radius 1 is 1.06 bits per heavy atom. The van der Waals surface area contributed by atoms with Crippen LogP contribution in [-0.4, -0.2) is 49.2 Å². The minimum absolute atomic E-state index is 0.0171. The molecule has 96 valence electrons. The molecule has 1 aromatic carbocycles. The molecule has 0 saturated carbocycles. The Bertz CT molecular complexity index is 435. The molecule has 17 heavy (non-hydrogen) atoms. The van der Waals surface area contributed by atoms with E-state index < -0.39 is 10.0 Å². The molecule has 0 aromatic heterocycles. The number of nitrogens with zero attached hydrogens (tertiary/aromatic N) is 1. The van der Waals surface area contributed by atoms with Crippen LogP contribution in [0.5, 0.6) is 0 Å². The molecule has 0 fully saturated rings. The highest BCUT2D eigenvalue weighted by Crippen LogP contribution is 2.15. The Balaban J connectivity index is 3.02. The summed E-state index contributed by atoms with van der Waals surface area (Å²) in [5.74, 6) is 0. The topological polar surface area (TPSA) is 77.8 Å². The average Bonchev–Trinajstić information content (AvgIpc) is 2.29. The molecule has 6 heteroatoms. The summed E-state index contributed by atoms with van der Waals surface area (Å²) < 4.78 is 25.3. The maximum atomic E-state index is 12.1. The molecular formula is C11H17NO4S. The largest absolute Gasteiger partial charge is 0.395 e. The van der Waals surface area contributed by atoms with E-state index in [0.717, 1.165) is 9.87 Å². The summed E-state index contributed by atoms with van der Waals surface area (Å²) in [5, 5.41) is 17.7. The van der Waals surface area contributed by atoms with Gasteiger partial charge in [-0.1, -0.05) is 17.7 Å². The number of aliphatic hydroxyl groups excluding tert-OH is 2. The van der Waals surface area contributed by atoms with E-state index in [1.807, 2.05) is 6.92 Å². The Labute approximate surface area is 101 Å². The van der Waals surface area contributed by atoms with E-state index in [2.05, 4.69) is 0 Å². The molecule has 0 spiro atoms. The van der Waals surface area contributed by atoms with Gasteiger partial charge in [-0.25, -0.2) is 8.42 Å². The number of sulfonamides is 1. The monoisotopic (exact) mass is 259 g/mol. The molecule has 0 bridgehead atoms. The minimum Gasteiger partial charge on any atom is -0.395 e. The van der Waals surface area contributed by atoms with Gasteiger partial charge in [0.2, 0.25) is 10.0 Å². The first-order valence-electron chi connectivity index (χ1n) is 5.31. The van der Waals surface area contributed by atoms with Crippen LogP contribution in [0, 0.1) is 6.92 Å². The average molecular weight is 259 g/mol. The Morgan fingerprint density at radius 2 is 1.53 bits per heavy atom. The molecule has 0 aliphatic rings. The summed E-state index contributed by atoms with van der Waals surface area (Å²) >= 11 is 0. The van der Waals surface area contributed by atoms with Gasteiger partial charge in [-0.15, -0.1) is 0 Å². The van der Waals surface area contributed by atoms with Gasteiger partial charge in [-0.3, -0.25) is 0 Å². The van der Waals surface area contributed by atoms with Crippen molar-refractivity contribution in [3.8, 4) is 0 Å². The molecule has 0 atom stereocenters. The second kappa shape index (κ2) is 6.11. The molecule has 0 amide bonds. The maximum absolute atomic E-state index is 12.1. The Kier molecular flexibility index (Phi) is 5.07. The lowest BCUT2D eigenvalue weighted by Crippen LogP contribution is -2.35. The molecule has 0 saturated heterocycles. The van der Waals surface area contributed by atoms with Crippen LogP contribution < -0.4 is 0 Å². The van der Waals surface area contributed by atoms with Crippen molar-refractivity contribution in [1.82, 2.24) is 4.31 Å². The second-order valence-electron chi connectivity index (χ2n) is 3.66. The summed E-state index contributed by atoms with van der Waals surface area (Å²) in [7, 11) is -3.63. The van der Waals surface area contributed by atoms with Crippen molar-refractivity contribution in [2.75, 3.05) is 26.3 Å². The van der Waals surface area contributed by atoms with Gasteiger partial charge in [0.15, 0.2) is 0 Å². The molecule has 2 N–H and O–H groups in total. The Morgan fingerprint density at radius 3 is 1.94 bits per heavy atom. The summed E-state index contributed by atoms with van der Waals surface area (Å²) in [6.07, 6.45) is 0. The third-order valence-corrected chi connectivity index (χ3v) is 4.27. The van der Waals surface area contributed by atoms with Gasteiger partial charge in [0.05, 0.1) is 18.1 Å². The van der Waals surface area contributed by atoms with Gasteiger partial charge in [0, 0.05) is 13.1 Å². The molecule has 5 nitrogen and oxygen atoms in total. The minimum atomic E-state index is -3.63. The van der Waals surface area contributed by atoms with Gasteiger partial charge in [0.25, 0.3) is 0 Å². The van der Waals surface area contributed by atoms with Crippen LogP contribution in [-0.2, 0) is 10.0 Å². The van der Waals surface area contributed by atoms with Gasteiger partial charge < -0.3 is 10.2 Å². The molecule has 0 radical (unpaired) electrons. The molecule has 1 aromatic rings. The van der Waals surface area contributed by atoms with Gasteiger partial charge in [0.1, 0.15) is 0 Å². The zero-order chi connectivity index (χ0) is 12.9. The third kappa shape index (κ3) is 3.50. The fraction of sp³-hybridized carbons (Fsp3) is 0.455. The molecule has 0 aliphatic heterocycles. The summed E-state index contributed by atoms with van der Waals surface area (Å²) in [5.41, 5.74) is 0.972. The van der Waals surface area contributed by atoms with Crippen molar-refractivity contribution in [2.45, 2.75) is 11.8 Å². The van der Waals surface area contributed by atoms with E-state index in [0.29, 0.717) is 0 Å². The van der Waals surface area contributed by atoms with Crippen LogP contribution in [0.15, 0.2) is 29.2 Å². The fourth-order valence-corrected chi connectivity index (χ4v) is 2.86. The molecule has 0 heterocycles. The van der Waals surface area contributed by atoms with E-state index >= 15 is 0 Å². The quantitative estimate of drug-likeness (QED) is 0.752. The zero-order valence-electron chi connectivity index (χ0n) is 9.70. The van der Waals surface area contributed by atoms with Crippen LogP contribution in [0.25, 0.3) is 0 Å². The van der Waals surface area contributed by atoms with E-state index in [4.69, 9.17) is 10.2 Å². The van der Waals surface area contributed by atoms with E-state index in [-0.39, 0.29) is 31.2 Å². The predicted molar refractivity (Wildman–Crippen MR) is 64.1 cm³/mol. The number of hydrogen-bond donors (Lipinski definition) is 2. The highest BCUT2D eigenvalue weighted by molar-refractivity contribution is 7.89. The number of benzene rings is 1. The van der Waals surface area contributed by atoms with Crippen LogP contribution >= 0.6 is 0 Å². The normalized spacial score (nSPS) is 12.0. The van der Waals surface area contributed by atoms with Crippen LogP contribution in [0.4, 0.5) is 0 Å². The fourth-order valence-electron chi connectivity index (χ4n) is 1.43. The second-order valence-corrected chi connectivity index (χ2v) is 5.60. The van der Waals surface area contributed by atoms with Crippen molar-refractivity contribution in [3.05, 3.63) is 29.8 Å². The van der Waals surface area contributed by atoms with E-state index in [9.17, 15) is 8.42 Å². The molecule has 1 rings (SSSR count). The summed E-state index contributed by atoms with van der Waals surface area (Å²) in [6, 6.07) is 6.46. The lowest BCUT2D eigenvalue weighted by molar-refractivity contribution is 0.217. The van der Waals surface area contributed by atoms with Gasteiger partial charge >= 0.3 is 0 Å².